The van der Waals surface area contributed by atoms with Gasteiger partial charge in [0.15, 0.2) is 0 Å². The molecular formula is C18H29NO2. The molecule has 0 saturated carbocycles. The van der Waals surface area contributed by atoms with Crippen molar-refractivity contribution < 1.29 is 9.84 Å². The van der Waals surface area contributed by atoms with Gasteiger partial charge < -0.3 is 15.2 Å². The number of hydrogen-bond donors (Lipinski definition) is 2. The zero-order valence-electron chi connectivity index (χ0n) is 13.5. The summed E-state index contributed by atoms with van der Waals surface area (Å²) in [5.74, 6) is 0.665. The van der Waals surface area contributed by atoms with Crippen LogP contribution in [0.3, 0.4) is 0 Å². The molecule has 0 radical (unpaired) electrons. The maximum atomic E-state index is 10.3. The van der Waals surface area contributed by atoms with Crippen LogP contribution in [-0.4, -0.2) is 30.4 Å². The third-order valence-electron chi connectivity index (χ3n) is 4.09. The average molecular weight is 291 g/mol. The molecule has 0 aromatic heterocycles. The first-order valence-electron chi connectivity index (χ1n) is 8.16. The summed E-state index contributed by atoms with van der Waals surface area (Å²) in [4.78, 5) is 0. The van der Waals surface area contributed by atoms with Crippen molar-refractivity contribution in [3.05, 3.63) is 35.4 Å². The molecule has 0 aliphatic carbocycles. The lowest BCUT2D eigenvalue weighted by Crippen LogP contribution is -2.39. The molecule has 1 fully saturated rings. The van der Waals surface area contributed by atoms with Crippen LogP contribution in [0.2, 0.25) is 0 Å². The Hall–Kier alpha value is -0.900. The second kappa shape index (κ2) is 7.92. The molecule has 2 N–H and O–H groups in total. The highest BCUT2D eigenvalue weighted by molar-refractivity contribution is 5.24. The number of aliphatic hydroxyl groups is 1. The Morgan fingerprint density at radius 2 is 2.00 bits per heavy atom. The second-order valence-electron chi connectivity index (χ2n) is 6.67. The largest absolute Gasteiger partial charge is 0.387 e. The van der Waals surface area contributed by atoms with E-state index in [9.17, 15) is 5.11 Å². The van der Waals surface area contributed by atoms with Gasteiger partial charge in [-0.2, -0.15) is 0 Å². The third-order valence-corrected chi connectivity index (χ3v) is 4.09. The lowest BCUT2D eigenvalue weighted by Gasteiger charge is -2.28. The zero-order chi connectivity index (χ0) is 15.2. The molecule has 1 aromatic rings. The molecule has 1 heterocycles. The normalized spacial score (nSPS) is 24.2. The highest BCUT2D eigenvalue weighted by Gasteiger charge is 2.19. The summed E-state index contributed by atoms with van der Waals surface area (Å²) in [6.07, 6.45) is 3.04. The highest BCUT2D eigenvalue weighted by atomic mass is 16.5. The molecule has 118 valence electrons. The van der Waals surface area contributed by atoms with Gasteiger partial charge in [0.25, 0.3) is 0 Å². The molecular weight excluding hydrogens is 262 g/mol. The quantitative estimate of drug-likeness (QED) is 0.846. The van der Waals surface area contributed by atoms with Gasteiger partial charge in [0.05, 0.1) is 12.2 Å². The van der Waals surface area contributed by atoms with Gasteiger partial charge in [-0.15, -0.1) is 0 Å². The monoisotopic (exact) mass is 291 g/mol. The van der Waals surface area contributed by atoms with Crippen molar-refractivity contribution in [3.8, 4) is 0 Å². The maximum absolute atomic E-state index is 10.3. The number of rotatable bonds is 6. The van der Waals surface area contributed by atoms with E-state index in [0.29, 0.717) is 24.6 Å². The molecule has 21 heavy (non-hydrogen) atoms. The van der Waals surface area contributed by atoms with Gasteiger partial charge in [0, 0.05) is 19.2 Å². The molecule has 3 atom stereocenters. The average Bonchev–Trinajstić information content (AvgIpc) is 2.45. The van der Waals surface area contributed by atoms with Gasteiger partial charge in [0.2, 0.25) is 0 Å². The van der Waals surface area contributed by atoms with Crippen molar-refractivity contribution in [1.82, 2.24) is 5.32 Å². The lowest BCUT2D eigenvalue weighted by atomic mass is 9.99. The van der Waals surface area contributed by atoms with E-state index in [0.717, 1.165) is 31.4 Å². The van der Waals surface area contributed by atoms with Crippen molar-refractivity contribution in [3.63, 3.8) is 0 Å². The van der Waals surface area contributed by atoms with Crippen molar-refractivity contribution in [1.29, 1.82) is 0 Å². The van der Waals surface area contributed by atoms with Gasteiger partial charge in [-0.25, -0.2) is 0 Å². The van der Waals surface area contributed by atoms with Crippen LogP contribution < -0.4 is 5.32 Å². The van der Waals surface area contributed by atoms with Crippen LogP contribution in [-0.2, 0) is 11.2 Å². The van der Waals surface area contributed by atoms with Crippen LogP contribution in [0.15, 0.2) is 24.3 Å². The fourth-order valence-corrected chi connectivity index (χ4v) is 2.93. The summed E-state index contributed by atoms with van der Waals surface area (Å²) in [5.41, 5.74) is 2.34. The van der Waals surface area contributed by atoms with Crippen molar-refractivity contribution in [2.45, 2.75) is 58.3 Å². The van der Waals surface area contributed by atoms with Crippen LogP contribution >= 0.6 is 0 Å². The molecule has 3 unspecified atom stereocenters. The van der Waals surface area contributed by atoms with Crippen molar-refractivity contribution in [2.75, 3.05) is 13.2 Å². The Balaban J connectivity index is 1.81. The molecule has 2 rings (SSSR count). The van der Waals surface area contributed by atoms with E-state index in [1.165, 1.54) is 5.56 Å². The lowest BCUT2D eigenvalue weighted by molar-refractivity contribution is 0.0109. The molecule has 3 nitrogen and oxygen atoms in total. The van der Waals surface area contributed by atoms with Gasteiger partial charge in [0.1, 0.15) is 0 Å². The molecule has 1 saturated heterocycles. The summed E-state index contributed by atoms with van der Waals surface area (Å²) in [7, 11) is 0. The fraction of sp³-hybridized carbons (Fsp3) is 0.667. The Morgan fingerprint density at radius 1 is 1.29 bits per heavy atom. The molecule has 1 aromatic carbocycles. The zero-order valence-corrected chi connectivity index (χ0v) is 13.5. The fourth-order valence-electron chi connectivity index (χ4n) is 2.93. The smallest absolute Gasteiger partial charge is 0.0914 e. The van der Waals surface area contributed by atoms with Crippen LogP contribution in [0.25, 0.3) is 0 Å². The van der Waals surface area contributed by atoms with Gasteiger partial charge in [-0.05, 0) is 43.2 Å². The Bertz CT molecular complexity index is 416. The number of aliphatic hydroxyl groups excluding tert-OH is 1. The first-order chi connectivity index (χ1) is 10.0. The number of hydrogen-bond acceptors (Lipinski definition) is 3. The Kier molecular flexibility index (Phi) is 6.22. The Labute approximate surface area is 128 Å². The number of benzene rings is 1. The van der Waals surface area contributed by atoms with Crippen LogP contribution in [0.1, 0.15) is 50.8 Å². The van der Waals surface area contributed by atoms with Crippen molar-refractivity contribution >= 4 is 0 Å². The van der Waals surface area contributed by atoms with Crippen LogP contribution in [0.5, 0.6) is 0 Å². The standard InChI is InChI=1S/C18H29NO2/c1-13(2)10-15-4-6-16(7-5-15)18(20)12-19-17-8-9-21-14(3)11-17/h4-7,13-14,17-20H,8-12H2,1-3H3. The van der Waals surface area contributed by atoms with E-state index < -0.39 is 6.10 Å². The van der Waals surface area contributed by atoms with Crippen LogP contribution in [0.4, 0.5) is 0 Å². The predicted molar refractivity (Wildman–Crippen MR) is 86.4 cm³/mol. The summed E-state index contributed by atoms with van der Waals surface area (Å²) >= 11 is 0. The highest BCUT2D eigenvalue weighted by Crippen LogP contribution is 2.17. The Morgan fingerprint density at radius 3 is 2.62 bits per heavy atom. The van der Waals surface area contributed by atoms with Crippen LogP contribution in [0, 0.1) is 5.92 Å². The maximum Gasteiger partial charge on any atom is 0.0914 e. The van der Waals surface area contributed by atoms with Crippen molar-refractivity contribution in [2.24, 2.45) is 5.92 Å². The van der Waals surface area contributed by atoms with Gasteiger partial charge in [-0.1, -0.05) is 38.1 Å². The topological polar surface area (TPSA) is 41.5 Å². The molecule has 0 spiro atoms. The minimum Gasteiger partial charge on any atom is -0.387 e. The summed E-state index contributed by atoms with van der Waals surface area (Å²) < 4.78 is 5.54. The minimum absolute atomic E-state index is 0.323. The van der Waals surface area contributed by atoms with E-state index in [1.54, 1.807) is 0 Å². The van der Waals surface area contributed by atoms with Gasteiger partial charge >= 0.3 is 0 Å². The first-order valence-corrected chi connectivity index (χ1v) is 8.16. The predicted octanol–water partition coefficient (Wildman–Crippen LogP) is 3.08. The second-order valence-corrected chi connectivity index (χ2v) is 6.67. The molecule has 3 heteroatoms. The molecule has 1 aliphatic rings. The first kappa shape index (κ1) is 16.5. The number of ether oxygens (including phenoxy) is 1. The van der Waals surface area contributed by atoms with Gasteiger partial charge in [-0.3, -0.25) is 0 Å². The molecule has 1 aliphatic heterocycles. The van der Waals surface area contributed by atoms with E-state index in [-0.39, 0.29) is 0 Å². The summed E-state index contributed by atoms with van der Waals surface area (Å²) in [5, 5.41) is 13.8. The molecule has 0 bridgehead atoms. The minimum atomic E-state index is -0.434. The van der Waals surface area contributed by atoms with E-state index in [4.69, 9.17) is 4.74 Å². The third kappa shape index (κ3) is 5.42. The summed E-state index contributed by atoms with van der Waals surface area (Å²) in [6.45, 7) is 7.99. The van der Waals surface area contributed by atoms with E-state index >= 15 is 0 Å². The summed E-state index contributed by atoms with van der Waals surface area (Å²) in [6, 6.07) is 8.83. The van der Waals surface area contributed by atoms with E-state index in [1.807, 2.05) is 0 Å². The van der Waals surface area contributed by atoms with E-state index in [2.05, 4.69) is 50.4 Å². The molecule has 0 amide bonds. The SMILES string of the molecule is CC(C)Cc1ccc(C(O)CNC2CCOC(C)C2)cc1. The number of nitrogens with one attached hydrogen (secondary N) is 1.